The largest absolute Gasteiger partial charge is 0.349 e. The number of benzene rings is 1. The predicted molar refractivity (Wildman–Crippen MR) is 95.6 cm³/mol. The van der Waals surface area contributed by atoms with E-state index in [1.807, 2.05) is 18.2 Å². The van der Waals surface area contributed by atoms with Gasteiger partial charge in [-0.25, -0.2) is 0 Å². The Labute approximate surface area is 141 Å². The van der Waals surface area contributed by atoms with Crippen LogP contribution in [0.25, 0.3) is 0 Å². The van der Waals surface area contributed by atoms with E-state index in [-0.39, 0.29) is 5.91 Å². The van der Waals surface area contributed by atoms with Crippen LogP contribution in [-0.4, -0.2) is 29.0 Å². The van der Waals surface area contributed by atoms with Crippen LogP contribution >= 0.6 is 28.1 Å². The molecule has 0 heterocycles. The third-order valence-electron chi connectivity index (χ3n) is 3.19. The van der Waals surface area contributed by atoms with E-state index in [2.05, 4.69) is 40.0 Å². The van der Waals surface area contributed by atoms with Crippen LogP contribution in [0.4, 0.5) is 0 Å². The first-order chi connectivity index (χ1) is 10.1. The van der Waals surface area contributed by atoms with Gasteiger partial charge in [0, 0.05) is 17.6 Å². The van der Waals surface area contributed by atoms with Gasteiger partial charge >= 0.3 is 0 Å². The molecule has 1 N–H and O–H groups in total. The quantitative estimate of drug-likeness (QED) is 0.723. The third kappa shape index (κ3) is 6.14. The maximum absolute atomic E-state index is 12.3. The monoisotopic (exact) mass is 370 g/mol. The predicted octanol–water partition coefficient (Wildman–Crippen LogP) is 4.37. The summed E-state index contributed by atoms with van der Waals surface area (Å²) in [5.74, 6) is -0.162. The second-order valence-electron chi connectivity index (χ2n) is 4.93. The molecule has 0 spiro atoms. The molecular weight excluding hydrogens is 348 g/mol. The molecule has 0 unspecified atom stereocenters. The van der Waals surface area contributed by atoms with Gasteiger partial charge in [0.1, 0.15) is 0 Å². The van der Waals surface area contributed by atoms with Crippen molar-refractivity contribution in [3.8, 4) is 0 Å². The van der Waals surface area contributed by atoms with E-state index in [1.54, 1.807) is 6.07 Å². The minimum Gasteiger partial charge on any atom is -0.349 e. The van der Waals surface area contributed by atoms with Crippen molar-refractivity contribution in [3.05, 3.63) is 34.3 Å². The molecular formula is C16H23BrN2OS. The zero-order chi connectivity index (χ0) is 15.7. The first kappa shape index (κ1) is 18.1. The van der Waals surface area contributed by atoms with Crippen LogP contribution < -0.4 is 5.32 Å². The van der Waals surface area contributed by atoms with Crippen LogP contribution in [-0.2, 0) is 0 Å². The SMILES string of the molecule is CCCCN(CCCC)C(=S)NC(=O)c1ccccc1Br. The van der Waals surface area contributed by atoms with Crippen molar-refractivity contribution in [1.29, 1.82) is 0 Å². The summed E-state index contributed by atoms with van der Waals surface area (Å²) in [6.07, 6.45) is 4.39. The van der Waals surface area contributed by atoms with Gasteiger partial charge in [-0.15, -0.1) is 0 Å². The molecule has 1 rings (SSSR count). The van der Waals surface area contributed by atoms with E-state index < -0.39 is 0 Å². The molecule has 0 radical (unpaired) electrons. The summed E-state index contributed by atoms with van der Waals surface area (Å²) in [6.45, 7) is 6.10. The molecule has 0 fully saturated rings. The number of halogens is 1. The fraction of sp³-hybridized carbons (Fsp3) is 0.500. The van der Waals surface area contributed by atoms with Crippen molar-refractivity contribution < 1.29 is 4.79 Å². The first-order valence-corrected chi connectivity index (χ1v) is 8.65. The van der Waals surface area contributed by atoms with Gasteiger partial charge in [0.05, 0.1) is 5.56 Å². The molecule has 1 aromatic carbocycles. The van der Waals surface area contributed by atoms with Crippen molar-refractivity contribution in [3.63, 3.8) is 0 Å². The molecule has 21 heavy (non-hydrogen) atoms. The number of nitrogens with zero attached hydrogens (tertiary/aromatic N) is 1. The fourth-order valence-corrected chi connectivity index (χ4v) is 2.64. The highest BCUT2D eigenvalue weighted by molar-refractivity contribution is 9.10. The van der Waals surface area contributed by atoms with E-state index in [1.165, 1.54) is 0 Å². The van der Waals surface area contributed by atoms with E-state index in [0.29, 0.717) is 10.7 Å². The van der Waals surface area contributed by atoms with Crippen molar-refractivity contribution in [2.24, 2.45) is 0 Å². The number of carbonyl (C=O) groups is 1. The Morgan fingerprint density at radius 3 is 2.29 bits per heavy atom. The zero-order valence-electron chi connectivity index (χ0n) is 12.7. The lowest BCUT2D eigenvalue weighted by atomic mass is 10.2. The summed E-state index contributed by atoms with van der Waals surface area (Å²) in [5, 5.41) is 3.37. The maximum atomic E-state index is 12.3. The third-order valence-corrected chi connectivity index (χ3v) is 4.24. The lowest BCUT2D eigenvalue weighted by molar-refractivity contribution is 0.0972. The van der Waals surface area contributed by atoms with Gasteiger partial charge in [-0.1, -0.05) is 38.8 Å². The highest BCUT2D eigenvalue weighted by atomic mass is 79.9. The number of carbonyl (C=O) groups excluding carboxylic acids is 1. The number of unbranched alkanes of at least 4 members (excludes halogenated alkanes) is 2. The van der Waals surface area contributed by atoms with E-state index in [4.69, 9.17) is 12.2 Å². The van der Waals surface area contributed by atoms with Crippen molar-refractivity contribution in [2.45, 2.75) is 39.5 Å². The smallest absolute Gasteiger partial charge is 0.258 e. The number of rotatable bonds is 7. The summed E-state index contributed by atoms with van der Waals surface area (Å²) >= 11 is 8.79. The van der Waals surface area contributed by atoms with Gasteiger partial charge in [0.25, 0.3) is 5.91 Å². The highest BCUT2D eigenvalue weighted by Gasteiger charge is 2.14. The standard InChI is InChI=1S/C16H23BrN2OS/c1-3-5-11-19(12-6-4-2)16(21)18-15(20)13-9-7-8-10-14(13)17/h7-10H,3-6,11-12H2,1-2H3,(H,18,20,21). The van der Waals surface area contributed by atoms with Crippen LogP contribution in [0, 0.1) is 0 Å². The summed E-state index contributed by atoms with van der Waals surface area (Å²) in [5.41, 5.74) is 0.603. The summed E-state index contributed by atoms with van der Waals surface area (Å²) in [7, 11) is 0. The summed E-state index contributed by atoms with van der Waals surface area (Å²) < 4.78 is 0.777. The Bertz CT molecular complexity index is 471. The highest BCUT2D eigenvalue weighted by Crippen LogP contribution is 2.15. The number of hydrogen-bond acceptors (Lipinski definition) is 2. The average Bonchev–Trinajstić information content (AvgIpc) is 2.47. The van der Waals surface area contributed by atoms with Crippen LogP contribution in [0.1, 0.15) is 49.9 Å². The molecule has 5 heteroatoms. The van der Waals surface area contributed by atoms with Crippen LogP contribution in [0.15, 0.2) is 28.7 Å². The molecule has 0 aromatic heterocycles. The molecule has 0 aliphatic carbocycles. The minimum absolute atomic E-state index is 0.162. The maximum Gasteiger partial charge on any atom is 0.258 e. The lowest BCUT2D eigenvalue weighted by Gasteiger charge is -2.25. The molecule has 0 atom stereocenters. The van der Waals surface area contributed by atoms with Gasteiger partial charge in [-0.2, -0.15) is 0 Å². The lowest BCUT2D eigenvalue weighted by Crippen LogP contribution is -2.43. The van der Waals surface area contributed by atoms with Crippen molar-refractivity contribution in [1.82, 2.24) is 10.2 Å². The number of hydrogen-bond donors (Lipinski definition) is 1. The Balaban J connectivity index is 2.67. The van der Waals surface area contributed by atoms with Crippen molar-refractivity contribution in [2.75, 3.05) is 13.1 Å². The number of thiocarbonyl (C=S) groups is 1. The van der Waals surface area contributed by atoms with Gasteiger partial charge in [0.15, 0.2) is 5.11 Å². The average molecular weight is 371 g/mol. The van der Waals surface area contributed by atoms with Crippen LogP contribution in [0.2, 0.25) is 0 Å². The van der Waals surface area contributed by atoms with E-state index in [9.17, 15) is 4.79 Å². The summed E-state index contributed by atoms with van der Waals surface area (Å²) in [6, 6.07) is 7.36. The molecule has 116 valence electrons. The molecule has 1 aromatic rings. The van der Waals surface area contributed by atoms with Gasteiger partial charge in [-0.05, 0) is 53.1 Å². The molecule has 0 bridgehead atoms. The summed E-state index contributed by atoms with van der Waals surface area (Å²) in [4.78, 5) is 14.4. The van der Waals surface area contributed by atoms with Crippen LogP contribution in [0.3, 0.4) is 0 Å². The Morgan fingerprint density at radius 1 is 1.19 bits per heavy atom. The van der Waals surface area contributed by atoms with Gasteiger partial charge < -0.3 is 4.90 Å². The normalized spacial score (nSPS) is 10.2. The van der Waals surface area contributed by atoms with Gasteiger partial charge in [-0.3, -0.25) is 10.1 Å². The first-order valence-electron chi connectivity index (χ1n) is 7.44. The van der Waals surface area contributed by atoms with E-state index >= 15 is 0 Å². The van der Waals surface area contributed by atoms with Crippen LogP contribution in [0.5, 0.6) is 0 Å². The molecule has 0 saturated carbocycles. The Kier molecular flexibility index (Phi) is 8.54. The molecule has 0 saturated heterocycles. The second-order valence-corrected chi connectivity index (χ2v) is 6.17. The minimum atomic E-state index is -0.162. The molecule has 0 aliphatic rings. The zero-order valence-corrected chi connectivity index (χ0v) is 15.1. The number of amides is 1. The van der Waals surface area contributed by atoms with Gasteiger partial charge in [0.2, 0.25) is 0 Å². The molecule has 1 amide bonds. The fourth-order valence-electron chi connectivity index (χ4n) is 1.90. The Hall–Kier alpha value is -0.940. The molecule has 3 nitrogen and oxygen atoms in total. The molecule has 0 aliphatic heterocycles. The van der Waals surface area contributed by atoms with Crippen molar-refractivity contribution >= 4 is 39.2 Å². The van der Waals surface area contributed by atoms with E-state index in [0.717, 1.165) is 43.2 Å². The number of nitrogens with one attached hydrogen (secondary N) is 1. The Morgan fingerprint density at radius 2 is 1.76 bits per heavy atom. The second kappa shape index (κ2) is 9.90. The topological polar surface area (TPSA) is 32.3 Å².